The van der Waals surface area contributed by atoms with E-state index in [0.29, 0.717) is 22.0 Å². The molecule has 1 N–H and O–H groups in total. The van der Waals surface area contributed by atoms with E-state index in [1.807, 2.05) is 54.6 Å². The second-order valence-corrected chi connectivity index (χ2v) is 6.83. The zero-order chi connectivity index (χ0) is 20.2. The monoisotopic (exact) mass is 400 g/mol. The van der Waals surface area contributed by atoms with E-state index in [9.17, 15) is 4.79 Å². The van der Waals surface area contributed by atoms with E-state index in [0.717, 1.165) is 22.0 Å². The van der Waals surface area contributed by atoms with Crippen LogP contribution < -0.4 is 5.43 Å². The Labute approximate surface area is 173 Å². The van der Waals surface area contributed by atoms with Crippen LogP contribution in [0.3, 0.4) is 0 Å². The second-order valence-electron chi connectivity index (χ2n) is 6.43. The number of rotatable bonds is 4. The maximum absolute atomic E-state index is 13.0. The summed E-state index contributed by atoms with van der Waals surface area (Å²) in [7, 11) is 0. The van der Waals surface area contributed by atoms with Gasteiger partial charge in [0.2, 0.25) is 0 Å². The van der Waals surface area contributed by atoms with Crippen molar-refractivity contribution < 1.29 is 4.79 Å². The number of benzene rings is 2. The molecular formula is C23H17ClN4O. The van der Waals surface area contributed by atoms with E-state index in [4.69, 9.17) is 11.6 Å². The number of para-hydroxylation sites is 1. The van der Waals surface area contributed by atoms with Gasteiger partial charge in [-0.3, -0.25) is 9.78 Å². The van der Waals surface area contributed by atoms with Gasteiger partial charge in [0, 0.05) is 33.9 Å². The Hall–Kier alpha value is -3.57. The molecule has 0 aliphatic rings. The molecule has 2 aromatic carbocycles. The van der Waals surface area contributed by atoms with Crippen molar-refractivity contribution in [2.45, 2.75) is 6.92 Å². The summed E-state index contributed by atoms with van der Waals surface area (Å²) in [6.07, 6.45) is 3.40. The predicted molar refractivity (Wildman–Crippen MR) is 116 cm³/mol. The predicted octanol–water partition coefficient (Wildman–Crippen LogP) is 5.10. The molecule has 0 saturated heterocycles. The molecule has 0 spiro atoms. The fourth-order valence-corrected chi connectivity index (χ4v) is 3.32. The van der Waals surface area contributed by atoms with Gasteiger partial charge in [0.15, 0.2) is 0 Å². The van der Waals surface area contributed by atoms with Crippen LogP contribution in [-0.4, -0.2) is 21.6 Å². The maximum atomic E-state index is 13.0. The van der Waals surface area contributed by atoms with Gasteiger partial charge in [-0.05, 0) is 37.3 Å². The first-order valence-corrected chi connectivity index (χ1v) is 9.41. The maximum Gasteiger partial charge on any atom is 0.272 e. The summed E-state index contributed by atoms with van der Waals surface area (Å²) in [4.78, 5) is 21.7. The summed E-state index contributed by atoms with van der Waals surface area (Å²) in [5.41, 5.74) is 6.85. The van der Waals surface area contributed by atoms with Gasteiger partial charge in [0.1, 0.15) is 0 Å². The Kier molecular flexibility index (Phi) is 5.31. The zero-order valence-electron chi connectivity index (χ0n) is 15.6. The molecule has 2 aromatic heterocycles. The number of fused-ring (bicyclic) bond motifs is 1. The zero-order valence-corrected chi connectivity index (χ0v) is 16.4. The van der Waals surface area contributed by atoms with Crippen LogP contribution in [0.1, 0.15) is 22.8 Å². The van der Waals surface area contributed by atoms with E-state index < -0.39 is 0 Å². The fourth-order valence-electron chi connectivity index (χ4n) is 3.04. The van der Waals surface area contributed by atoms with E-state index >= 15 is 0 Å². The molecule has 0 aliphatic carbocycles. The normalized spacial score (nSPS) is 11.4. The van der Waals surface area contributed by atoms with Crippen molar-refractivity contribution in [1.82, 2.24) is 15.4 Å². The van der Waals surface area contributed by atoms with Crippen LogP contribution in [-0.2, 0) is 0 Å². The summed E-state index contributed by atoms with van der Waals surface area (Å²) in [6.45, 7) is 1.80. The third kappa shape index (κ3) is 4.00. The highest BCUT2D eigenvalue weighted by Crippen LogP contribution is 2.24. The van der Waals surface area contributed by atoms with Crippen molar-refractivity contribution >= 4 is 34.1 Å². The molecule has 0 saturated carbocycles. The van der Waals surface area contributed by atoms with Crippen LogP contribution in [0.2, 0.25) is 5.02 Å². The Morgan fingerprint density at radius 2 is 1.69 bits per heavy atom. The molecule has 2 heterocycles. The number of amides is 1. The van der Waals surface area contributed by atoms with Crippen molar-refractivity contribution in [3.63, 3.8) is 0 Å². The molecule has 142 valence electrons. The molecule has 1 amide bonds. The summed E-state index contributed by atoms with van der Waals surface area (Å²) in [6, 6.07) is 20.4. The molecule has 0 atom stereocenters. The Bertz CT molecular complexity index is 1220. The van der Waals surface area contributed by atoms with Gasteiger partial charge in [-0.15, -0.1) is 0 Å². The summed E-state index contributed by atoms with van der Waals surface area (Å²) in [5, 5.41) is 5.58. The minimum absolute atomic E-state index is 0.315. The highest BCUT2D eigenvalue weighted by molar-refractivity contribution is 6.34. The van der Waals surface area contributed by atoms with E-state index in [2.05, 4.69) is 20.5 Å². The number of nitrogens with zero attached hydrogens (tertiary/aromatic N) is 3. The molecule has 6 heteroatoms. The number of pyridine rings is 2. The highest BCUT2D eigenvalue weighted by atomic mass is 35.5. The van der Waals surface area contributed by atoms with Crippen LogP contribution >= 0.6 is 11.6 Å². The molecule has 0 aliphatic heterocycles. The van der Waals surface area contributed by atoms with Crippen LogP contribution in [0.15, 0.2) is 84.2 Å². The lowest BCUT2D eigenvalue weighted by Crippen LogP contribution is -2.20. The van der Waals surface area contributed by atoms with Crippen molar-refractivity contribution in [1.29, 1.82) is 0 Å². The number of hydrazone groups is 1. The summed E-state index contributed by atoms with van der Waals surface area (Å²) >= 11 is 6.21. The number of halogens is 1. The Morgan fingerprint density at radius 3 is 2.48 bits per heavy atom. The molecule has 0 fully saturated rings. The van der Waals surface area contributed by atoms with E-state index in [-0.39, 0.29) is 5.91 Å². The van der Waals surface area contributed by atoms with Crippen LogP contribution in [0.4, 0.5) is 0 Å². The minimum atomic E-state index is -0.315. The van der Waals surface area contributed by atoms with Gasteiger partial charge in [0.05, 0.1) is 22.5 Å². The quantitative estimate of drug-likeness (QED) is 0.382. The van der Waals surface area contributed by atoms with Gasteiger partial charge in [-0.25, -0.2) is 10.4 Å². The molecule has 0 bridgehead atoms. The average molecular weight is 401 g/mol. The number of hydrogen-bond donors (Lipinski definition) is 1. The molecule has 29 heavy (non-hydrogen) atoms. The SMILES string of the molecule is C/C(=N\NC(=O)c1cc(-c2ccncc2)nc2ccccc12)c1ccccc1Cl. The lowest BCUT2D eigenvalue weighted by Gasteiger charge is -2.09. The molecule has 0 radical (unpaired) electrons. The third-order valence-electron chi connectivity index (χ3n) is 4.53. The first-order chi connectivity index (χ1) is 14.1. The van der Waals surface area contributed by atoms with Crippen molar-refractivity contribution in [2.75, 3.05) is 0 Å². The number of hydrogen-bond acceptors (Lipinski definition) is 4. The fraction of sp³-hybridized carbons (Fsp3) is 0.0435. The topological polar surface area (TPSA) is 67.2 Å². The van der Waals surface area contributed by atoms with Crippen LogP contribution in [0.25, 0.3) is 22.2 Å². The van der Waals surface area contributed by atoms with Gasteiger partial charge < -0.3 is 0 Å². The summed E-state index contributed by atoms with van der Waals surface area (Å²) in [5.74, 6) is -0.315. The smallest absolute Gasteiger partial charge is 0.267 e. The minimum Gasteiger partial charge on any atom is -0.267 e. The Balaban J connectivity index is 1.72. The van der Waals surface area contributed by atoms with Crippen molar-refractivity contribution in [3.05, 3.63) is 95.3 Å². The molecule has 4 aromatic rings. The lowest BCUT2D eigenvalue weighted by molar-refractivity contribution is 0.0956. The number of aromatic nitrogens is 2. The standard InChI is InChI=1S/C23H17ClN4O/c1-15(17-6-2-4-8-20(17)24)27-28-23(29)19-14-22(16-10-12-25-13-11-16)26-21-9-5-3-7-18(19)21/h2-14H,1H3,(H,28,29)/b27-15+. The number of nitrogens with one attached hydrogen (secondary N) is 1. The highest BCUT2D eigenvalue weighted by Gasteiger charge is 2.14. The van der Waals surface area contributed by atoms with E-state index in [1.54, 1.807) is 31.5 Å². The molecule has 0 unspecified atom stereocenters. The van der Waals surface area contributed by atoms with E-state index in [1.165, 1.54) is 0 Å². The van der Waals surface area contributed by atoms with Crippen molar-refractivity contribution in [2.24, 2.45) is 5.10 Å². The van der Waals surface area contributed by atoms with Gasteiger partial charge in [-0.1, -0.05) is 48.0 Å². The van der Waals surface area contributed by atoms with Gasteiger partial charge in [0.25, 0.3) is 5.91 Å². The summed E-state index contributed by atoms with van der Waals surface area (Å²) < 4.78 is 0. The van der Waals surface area contributed by atoms with Crippen molar-refractivity contribution in [3.8, 4) is 11.3 Å². The second kappa shape index (κ2) is 8.20. The van der Waals surface area contributed by atoms with Gasteiger partial charge >= 0.3 is 0 Å². The first-order valence-electron chi connectivity index (χ1n) is 9.03. The lowest BCUT2D eigenvalue weighted by atomic mass is 10.0. The van der Waals surface area contributed by atoms with Gasteiger partial charge in [-0.2, -0.15) is 5.10 Å². The first kappa shape index (κ1) is 18.8. The number of carbonyl (C=O) groups is 1. The third-order valence-corrected chi connectivity index (χ3v) is 4.86. The average Bonchev–Trinajstić information content (AvgIpc) is 2.77. The largest absolute Gasteiger partial charge is 0.272 e. The molecule has 5 nitrogen and oxygen atoms in total. The Morgan fingerprint density at radius 1 is 0.966 bits per heavy atom. The molecule has 4 rings (SSSR count). The van der Waals surface area contributed by atoms with Crippen LogP contribution in [0, 0.1) is 0 Å². The molecular weight excluding hydrogens is 384 g/mol. The van der Waals surface area contributed by atoms with Crippen LogP contribution in [0.5, 0.6) is 0 Å². The number of carbonyl (C=O) groups excluding carboxylic acids is 1.